The lowest BCUT2D eigenvalue weighted by molar-refractivity contribution is -0.131. The number of halogens is 1. The molecule has 0 atom stereocenters. The minimum absolute atomic E-state index is 0.154. The lowest BCUT2D eigenvalue weighted by Gasteiger charge is -2.36. The highest BCUT2D eigenvalue weighted by Crippen LogP contribution is 2.23. The molecule has 0 bridgehead atoms. The summed E-state index contributed by atoms with van der Waals surface area (Å²) in [5.74, 6) is 0.168. The number of para-hydroxylation sites is 1. The first-order chi connectivity index (χ1) is 14.1. The number of aryl methyl sites for hydroxylation is 1. The van der Waals surface area contributed by atoms with Gasteiger partial charge in [-0.15, -0.1) is 11.3 Å². The van der Waals surface area contributed by atoms with Gasteiger partial charge in [0.1, 0.15) is 5.02 Å². The Morgan fingerprint density at radius 2 is 1.83 bits per heavy atom. The highest BCUT2D eigenvalue weighted by atomic mass is 35.5. The van der Waals surface area contributed by atoms with Crippen molar-refractivity contribution in [2.45, 2.75) is 12.8 Å². The van der Waals surface area contributed by atoms with Crippen molar-refractivity contribution in [3.63, 3.8) is 0 Å². The van der Waals surface area contributed by atoms with Gasteiger partial charge in [0.05, 0.1) is 17.6 Å². The first-order valence-corrected chi connectivity index (χ1v) is 10.8. The second-order valence-corrected chi connectivity index (χ2v) is 8.25. The van der Waals surface area contributed by atoms with E-state index >= 15 is 0 Å². The molecule has 0 aliphatic carbocycles. The van der Waals surface area contributed by atoms with Crippen LogP contribution in [0.2, 0.25) is 5.02 Å². The van der Waals surface area contributed by atoms with E-state index in [1.165, 1.54) is 9.56 Å². The Labute approximate surface area is 177 Å². The first-order valence-electron chi connectivity index (χ1n) is 9.52. The van der Waals surface area contributed by atoms with Crippen LogP contribution in [0, 0.1) is 0 Å². The molecule has 1 saturated heterocycles. The lowest BCUT2D eigenvalue weighted by atomic mass is 10.2. The van der Waals surface area contributed by atoms with Crippen LogP contribution in [0.5, 0.6) is 0 Å². The predicted octanol–water partition coefficient (Wildman–Crippen LogP) is 3.23. The van der Waals surface area contributed by atoms with Crippen LogP contribution in [0.25, 0.3) is 5.69 Å². The summed E-state index contributed by atoms with van der Waals surface area (Å²) >= 11 is 8.07. The van der Waals surface area contributed by atoms with E-state index < -0.39 is 0 Å². The van der Waals surface area contributed by atoms with Crippen LogP contribution in [0.3, 0.4) is 0 Å². The molecule has 150 valence electrons. The standard InChI is InChI=1S/C21H21ClN4O2S/c22-20-18(15-23-26(21(20)28)16-5-2-1-3-6-16)24-10-12-25(13-11-24)19(27)9-8-17-7-4-14-29-17/h1-7,14-15H,8-13H2. The molecule has 0 unspecified atom stereocenters. The van der Waals surface area contributed by atoms with Gasteiger partial charge < -0.3 is 9.80 Å². The summed E-state index contributed by atoms with van der Waals surface area (Å²) in [6, 6.07) is 13.3. The van der Waals surface area contributed by atoms with E-state index in [0.29, 0.717) is 44.0 Å². The third-order valence-corrected chi connectivity index (χ3v) is 6.33. The normalized spacial score (nSPS) is 14.2. The molecular formula is C21H21ClN4O2S. The van der Waals surface area contributed by atoms with Crippen molar-refractivity contribution in [1.82, 2.24) is 14.7 Å². The Morgan fingerprint density at radius 3 is 2.52 bits per heavy atom. The molecule has 1 fully saturated rings. The van der Waals surface area contributed by atoms with Crippen molar-refractivity contribution >= 4 is 34.5 Å². The quantitative estimate of drug-likeness (QED) is 0.626. The molecule has 3 aromatic rings. The Morgan fingerprint density at radius 1 is 1.07 bits per heavy atom. The molecule has 8 heteroatoms. The van der Waals surface area contributed by atoms with Crippen molar-refractivity contribution in [1.29, 1.82) is 0 Å². The molecule has 0 radical (unpaired) electrons. The molecule has 4 rings (SSSR count). The highest BCUT2D eigenvalue weighted by Gasteiger charge is 2.24. The molecule has 1 aliphatic heterocycles. The number of hydrogen-bond donors (Lipinski definition) is 0. The number of anilines is 1. The molecule has 29 heavy (non-hydrogen) atoms. The monoisotopic (exact) mass is 428 g/mol. The third-order valence-electron chi connectivity index (χ3n) is 5.04. The molecule has 0 saturated carbocycles. The second kappa shape index (κ2) is 8.80. The molecule has 6 nitrogen and oxygen atoms in total. The summed E-state index contributed by atoms with van der Waals surface area (Å²) in [4.78, 5) is 30.3. The Kier molecular flexibility index (Phi) is 5.97. The molecule has 0 N–H and O–H groups in total. The number of carbonyl (C=O) groups is 1. The zero-order valence-electron chi connectivity index (χ0n) is 15.8. The number of carbonyl (C=O) groups excluding carboxylic acids is 1. The van der Waals surface area contributed by atoms with Gasteiger partial charge in [-0.25, -0.2) is 0 Å². The van der Waals surface area contributed by atoms with E-state index in [-0.39, 0.29) is 16.5 Å². The first kappa shape index (κ1) is 19.7. The van der Waals surface area contributed by atoms with Crippen LogP contribution < -0.4 is 10.5 Å². The molecule has 3 heterocycles. The van der Waals surface area contributed by atoms with Crippen molar-refractivity contribution in [3.05, 3.63) is 74.3 Å². The van der Waals surface area contributed by atoms with Crippen LogP contribution in [-0.4, -0.2) is 46.8 Å². The van der Waals surface area contributed by atoms with Crippen LogP contribution >= 0.6 is 22.9 Å². The summed E-state index contributed by atoms with van der Waals surface area (Å²) in [5.41, 5.74) is 0.950. The van der Waals surface area contributed by atoms with Crippen molar-refractivity contribution in [2.75, 3.05) is 31.1 Å². The number of thiophene rings is 1. The van der Waals surface area contributed by atoms with Gasteiger partial charge in [0.25, 0.3) is 5.56 Å². The van der Waals surface area contributed by atoms with Crippen LogP contribution in [-0.2, 0) is 11.2 Å². The van der Waals surface area contributed by atoms with E-state index in [9.17, 15) is 9.59 Å². The maximum absolute atomic E-state index is 12.7. The summed E-state index contributed by atoms with van der Waals surface area (Å²) in [5, 5.41) is 6.48. The maximum atomic E-state index is 12.7. The minimum Gasteiger partial charge on any atom is -0.365 e. The molecular weight excluding hydrogens is 408 g/mol. The zero-order valence-corrected chi connectivity index (χ0v) is 17.4. The Hall–Kier alpha value is -2.64. The Bertz CT molecular complexity index is 1030. The van der Waals surface area contributed by atoms with Crippen molar-refractivity contribution < 1.29 is 4.79 Å². The fraction of sp³-hybridized carbons (Fsp3) is 0.286. The summed E-state index contributed by atoms with van der Waals surface area (Å²) < 4.78 is 1.30. The van der Waals surface area contributed by atoms with E-state index in [1.807, 2.05) is 51.6 Å². The van der Waals surface area contributed by atoms with E-state index in [4.69, 9.17) is 11.6 Å². The number of aromatic nitrogens is 2. The second-order valence-electron chi connectivity index (χ2n) is 6.84. The topological polar surface area (TPSA) is 58.4 Å². The highest BCUT2D eigenvalue weighted by molar-refractivity contribution is 7.09. The minimum atomic E-state index is -0.343. The van der Waals surface area contributed by atoms with Gasteiger partial charge in [-0.3, -0.25) is 9.59 Å². The van der Waals surface area contributed by atoms with Gasteiger partial charge in [0.2, 0.25) is 5.91 Å². The van der Waals surface area contributed by atoms with Crippen LogP contribution in [0.4, 0.5) is 5.69 Å². The largest absolute Gasteiger partial charge is 0.365 e. The fourth-order valence-corrected chi connectivity index (χ4v) is 4.39. The third kappa shape index (κ3) is 4.36. The fourth-order valence-electron chi connectivity index (χ4n) is 3.44. The summed E-state index contributed by atoms with van der Waals surface area (Å²) in [6.45, 7) is 2.48. The number of nitrogens with zero attached hydrogens (tertiary/aromatic N) is 4. The number of hydrogen-bond acceptors (Lipinski definition) is 5. The summed E-state index contributed by atoms with van der Waals surface area (Å²) in [6.07, 6.45) is 2.94. The smallest absolute Gasteiger partial charge is 0.292 e. The van der Waals surface area contributed by atoms with Crippen molar-refractivity contribution in [3.8, 4) is 5.69 Å². The number of benzene rings is 1. The van der Waals surface area contributed by atoms with Gasteiger partial charge in [-0.05, 0) is 30.0 Å². The lowest BCUT2D eigenvalue weighted by Crippen LogP contribution is -2.49. The van der Waals surface area contributed by atoms with Crippen LogP contribution in [0.15, 0.2) is 58.8 Å². The van der Waals surface area contributed by atoms with Gasteiger partial charge >= 0.3 is 0 Å². The number of piperazine rings is 1. The average Bonchev–Trinajstić information content (AvgIpc) is 3.28. The van der Waals surface area contributed by atoms with Crippen molar-refractivity contribution in [2.24, 2.45) is 0 Å². The zero-order chi connectivity index (χ0) is 20.2. The van der Waals surface area contributed by atoms with E-state index in [2.05, 4.69) is 11.2 Å². The molecule has 0 spiro atoms. The number of amides is 1. The van der Waals surface area contributed by atoms with Gasteiger partial charge in [-0.1, -0.05) is 35.9 Å². The van der Waals surface area contributed by atoms with Gasteiger partial charge in [0, 0.05) is 37.5 Å². The maximum Gasteiger partial charge on any atom is 0.292 e. The average molecular weight is 429 g/mol. The molecule has 2 aromatic heterocycles. The Balaban J connectivity index is 1.40. The van der Waals surface area contributed by atoms with E-state index in [1.54, 1.807) is 17.5 Å². The van der Waals surface area contributed by atoms with Gasteiger partial charge in [0.15, 0.2) is 0 Å². The molecule has 1 amide bonds. The molecule has 1 aromatic carbocycles. The molecule has 1 aliphatic rings. The predicted molar refractivity (Wildman–Crippen MR) is 116 cm³/mol. The van der Waals surface area contributed by atoms with E-state index in [0.717, 1.165) is 6.42 Å². The SMILES string of the molecule is O=C(CCc1cccs1)N1CCN(c2cnn(-c3ccccc3)c(=O)c2Cl)CC1. The summed E-state index contributed by atoms with van der Waals surface area (Å²) in [7, 11) is 0. The van der Waals surface area contributed by atoms with Gasteiger partial charge in [-0.2, -0.15) is 9.78 Å². The van der Waals surface area contributed by atoms with Crippen LogP contribution in [0.1, 0.15) is 11.3 Å². The number of rotatable bonds is 5.